The summed E-state index contributed by atoms with van der Waals surface area (Å²) < 4.78 is 5.85. The molecule has 3 nitrogen and oxygen atoms in total. The minimum absolute atomic E-state index is 0.0681. The van der Waals surface area contributed by atoms with Gasteiger partial charge in [-0.2, -0.15) is 0 Å². The van der Waals surface area contributed by atoms with Crippen LogP contribution in [0.5, 0.6) is 5.75 Å². The van der Waals surface area contributed by atoms with Crippen LogP contribution in [0.4, 0.5) is 0 Å². The van der Waals surface area contributed by atoms with Gasteiger partial charge in [-0.15, -0.1) is 0 Å². The first-order valence-electron chi connectivity index (χ1n) is 8.69. The van der Waals surface area contributed by atoms with Crippen LogP contribution in [0.3, 0.4) is 0 Å². The summed E-state index contributed by atoms with van der Waals surface area (Å²) in [6.45, 7) is 5.91. The maximum atomic E-state index is 12.3. The number of carbonyl (C=O) groups excluding carboxylic acids is 1. The van der Waals surface area contributed by atoms with Crippen LogP contribution < -0.4 is 10.1 Å². The van der Waals surface area contributed by atoms with E-state index in [4.69, 9.17) is 4.74 Å². The molecular weight excluding hydrogens is 298 g/mol. The third kappa shape index (κ3) is 5.41. The highest BCUT2D eigenvalue weighted by atomic mass is 16.5. The Balaban J connectivity index is 1.82. The average Bonchev–Trinajstić information content (AvgIpc) is 2.61. The minimum Gasteiger partial charge on any atom is -0.481 e. The molecule has 0 aliphatic carbocycles. The Morgan fingerprint density at radius 2 is 1.71 bits per heavy atom. The Kier molecular flexibility index (Phi) is 6.86. The zero-order chi connectivity index (χ0) is 17.4. The molecule has 0 bridgehead atoms. The normalized spacial score (nSPS) is 13.1. The highest BCUT2D eigenvalue weighted by Crippen LogP contribution is 2.19. The quantitative estimate of drug-likeness (QED) is 0.791. The lowest BCUT2D eigenvalue weighted by molar-refractivity contribution is -0.127. The zero-order valence-electron chi connectivity index (χ0n) is 14.8. The number of hydrogen-bond acceptors (Lipinski definition) is 2. The first kappa shape index (κ1) is 18.1. The molecule has 128 valence electrons. The molecule has 0 unspecified atom stereocenters. The molecule has 0 aromatic heterocycles. The monoisotopic (exact) mass is 325 g/mol. The second-order valence-corrected chi connectivity index (χ2v) is 6.16. The fourth-order valence-electron chi connectivity index (χ4n) is 2.62. The van der Waals surface area contributed by atoms with E-state index in [1.165, 1.54) is 5.56 Å². The molecule has 2 rings (SSSR count). The maximum absolute atomic E-state index is 12.3. The molecule has 3 heteroatoms. The molecule has 0 radical (unpaired) electrons. The molecule has 0 fully saturated rings. The van der Waals surface area contributed by atoms with Crippen molar-refractivity contribution in [1.29, 1.82) is 0 Å². The fourth-order valence-corrected chi connectivity index (χ4v) is 2.62. The van der Waals surface area contributed by atoms with Gasteiger partial charge in [0.25, 0.3) is 5.91 Å². The van der Waals surface area contributed by atoms with Crippen molar-refractivity contribution in [3.8, 4) is 5.75 Å². The summed E-state index contributed by atoms with van der Waals surface area (Å²) in [5, 5.41) is 3.04. The van der Waals surface area contributed by atoms with Gasteiger partial charge in [0, 0.05) is 6.04 Å². The SMILES string of the molecule is CCc1ccccc1O[C@@H](C)C(=O)N[C@@H](C)CCc1ccccc1. The number of amides is 1. The van der Waals surface area contributed by atoms with Crippen molar-refractivity contribution in [2.24, 2.45) is 0 Å². The topological polar surface area (TPSA) is 38.3 Å². The maximum Gasteiger partial charge on any atom is 0.260 e. The first-order valence-corrected chi connectivity index (χ1v) is 8.69. The van der Waals surface area contributed by atoms with E-state index in [1.54, 1.807) is 6.92 Å². The molecule has 0 saturated carbocycles. The molecule has 1 N–H and O–H groups in total. The van der Waals surface area contributed by atoms with Crippen LogP contribution in [0.25, 0.3) is 0 Å². The van der Waals surface area contributed by atoms with Gasteiger partial charge in [0.05, 0.1) is 0 Å². The number of para-hydroxylation sites is 1. The van der Waals surface area contributed by atoms with Crippen LogP contribution in [-0.2, 0) is 17.6 Å². The number of rotatable bonds is 8. The number of aryl methyl sites for hydroxylation is 2. The van der Waals surface area contributed by atoms with Crippen LogP contribution in [-0.4, -0.2) is 18.1 Å². The standard InChI is InChI=1S/C21H27NO2/c1-4-19-12-8-9-13-20(19)24-17(3)21(23)22-16(2)14-15-18-10-6-5-7-11-18/h5-13,16-17H,4,14-15H2,1-3H3,(H,22,23)/t16-,17-/m0/s1. The predicted molar refractivity (Wildman–Crippen MR) is 98.3 cm³/mol. The van der Waals surface area contributed by atoms with Crippen molar-refractivity contribution in [1.82, 2.24) is 5.32 Å². The van der Waals surface area contributed by atoms with Crippen molar-refractivity contribution < 1.29 is 9.53 Å². The molecular formula is C21H27NO2. The largest absolute Gasteiger partial charge is 0.481 e. The highest BCUT2D eigenvalue weighted by molar-refractivity contribution is 5.81. The molecule has 0 aliphatic heterocycles. The van der Waals surface area contributed by atoms with Gasteiger partial charge in [0.2, 0.25) is 0 Å². The fraction of sp³-hybridized carbons (Fsp3) is 0.381. The molecule has 0 heterocycles. The number of hydrogen-bond donors (Lipinski definition) is 1. The van der Waals surface area contributed by atoms with E-state index in [1.807, 2.05) is 49.4 Å². The van der Waals surface area contributed by atoms with Gasteiger partial charge in [0.1, 0.15) is 5.75 Å². The van der Waals surface area contributed by atoms with Crippen molar-refractivity contribution >= 4 is 5.91 Å². The van der Waals surface area contributed by atoms with Gasteiger partial charge in [-0.25, -0.2) is 0 Å². The van der Waals surface area contributed by atoms with E-state index in [9.17, 15) is 4.79 Å². The Hall–Kier alpha value is -2.29. The smallest absolute Gasteiger partial charge is 0.260 e. The minimum atomic E-state index is -0.503. The Morgan fingerprint density at radius 3 is 2.42 bits per heavy atom. The first-order chi connectivity index (χ1) is 11.6. The third-order valence-corrected chi connectivity index (χ3v) is 4.12. The summed E-state index contributed by atoms with van der Waals surface area (Å²) in [5.74, 6) is 0.723. The van der Waals surface area contributed by atoms with Crippen molar-refractivity contribution in [2.45, 2.75) is 52.2 Å². The van der Waals surface area contributed by atoms with E-state index >= 15 is 0 Å². The summed E-state index contributed by atoms with van der Waals surface area (Å²) in [6, 6.07) is 18.3. The van der Waals surface area contributed by atoms with Crippen molar-refractivity contribution in [3.05, 3.63) is 65.7 Å². The van der Waals surface area contributed by atoms with Crippen LogP contribution in [0.2, 0.25) is 0 Å². The second-order valence-electron chi connectivity index (χ2n) is 6.16. The lowest BCUT2D eigenvalue weighted by Crippen LogP contribution is -2.41. The van der Waals surface area contributed by atoms with Gasteiger partial charge in [0.15, 0.2) is 6.10 Å². The van der Waals surface area contributed by atoms with Crippen molar-refractivity contribution in [2.75, 3.05) is 0 Å². The van der Waals surface area contributed by atoms with E-state index in [-0.39, 0.29) is 11.9 Å². The van der Waals surface area contributed by atoms with E-state index in [0.29, 0.717) is 0 Å². The Labute approximate surface area is 145 Å². The predicted octanol–water partition coefficient (Wildman–Crippen LogP) is 4.15. The number of carbonyl (C=O) groups is 1. The molecule has 0 spiro atoms. The molecule has 2 aromatic carbocycles. The van der Waals surface area contributed by atoms with Crippen LogP contribution in [0.1, 0.15) is 38.3 Å². The van der Waals surface area contributed by atoms with E-state index < -0.39 is 6.10 Å². The Morgan fingerprint density at radius 1 is 1.04 bits per heavy atom. The van der Waals surface area contributed by atoms with Gasteiger partial charge in [-0.05, 0) is 50.3 Å². The van der Waals surface area contributed by atoms with Gasteiger partial charge in [-0.3, -0.25) is 4.79 Å². The lowest BCUT2D eigenvalue weighted by atomic mass is 10.1. The number of nitrogens with one attached hydrogen (secondary N) is 1. The molecule has 0 saturated heterocycles. The zero-order valence-corrected chi connectivity index (χ0v) is 14.8. The molecule has 0 aliphatic rings. The van der Waals surface area contributed by atoms with E-state index in [0.717, 1.165) is 30.6 Å². The van der Waals surface area contributed by atoms with Gasteiger partial charge >= 0.3 is 0 Å². The van der Waals surface area contributed by atoms with Crippen LogP contribution in [0.15, 0.2) is 54.6 Å². The molecule has 2 atom stereocenters. The highest BCUT2D eigenvalue weighted by Gasteiger charge is 2.17. The van der Waals surface area contributed by atoms with Gasteiger partial charge < -0.3 is 10.1 Å². The number of benzene rings is 2. The summed E-state index contributed by atoms with van der Waals surface area (Å²) in [4.78, 5) is 12.3. The molecule has 2 aromatic rings. The Bertz CT molecular complexity index is 639. The second kappa shape index (κ2) is 9.11. The summed E-state index contributed by atoms with van der Waals surface area (Å²) in [5.41, 5.74) is 2.41. The summed E-state index contributed by atoms with van der Waals surface area (Å²) >= 11 is 0. The average molecular weight is 325 g/mol. The summed E-state index contributed by atoms with van der Waals surface area (Å²) in [6.07, 6.45) is 2.25. The van der Waals surface area contributed by atoms with Crippen molar-refractivity contribution in [3.63, 3.8) is 0 Å². The number of ether oxygens (including phenoxy) is 1. The van der Waals surface area contributed by atoms with Gasteiger partial charge in [-0.1, -0.05) is 55.5 Å². The van der Waals surface area contributed by atoms with E-state index in [2.05, 4.69) is 24.4 Å². The summed E-state index contributed by atoms with van der Waals surface area (Å²) in [7, 11) is 0. The lowest BCUT2D eigenvalue weighted by Gasteiger charge is -2.20. The third-order valence-electron chi connectivity index (χ3n) is 4.12. The molecule has 24 heavy (non-hydrogen) atoms. The molecule has 1 amide bonds. The van der Waals surface area contributed by atoms with Crippen LogP contribution in [0, 0.1) is 0 Å². The van der Waals surface area contributed by atoms with Crippen LogP contribution >= 0.6 is 0 Å².